The van der Waals surface area contributed by atoms with Gasteiger partial charge >= 0.3 is 0 Å². The fraction of sp³-hybridized carbons (Fsp3) is 0.200. The second kappa shape index (κ2) is 9.01. The number of anilines is 1. The largest absolute Gasteiger partial charge is 0.496 e. The minimum absolute atomic E-state index is 0.111. The van der Waals surface area contributed by atoms with E-state index < -0.39 is 0 Å². The van der Waals surface area contributed by atoms with Crippen LogP contribution < -0.4 is 10.1 Å². The number of benzene rings is 2. The number of rotatable bonds is 7. The molecule has 0 bridgehead atoms. The first kappa shape index (κ1) is 19.4. The van der Waals surface area contributed by atoms with Gasteiger partial charge in [0.1, 0.15) is 15.9 Å². The van der Waals surface area contributed by atoms with Crippen LogP contribution in [0.2, 0.25) is 0 Å². The fourth-order valence-corrected chi connectivity index (χ4v) is 4.29. The number of halogens is 1. The zero-order valence-electron chi connectivity index (χ0n) is 15.0. The lowest BCUT2D eigenvalue weighted by Gasteiger charge is -2.08. The summed E-state index contributed by atoms with van der Waals surface area (Å²) in [5.74, 6) is 1.15. The molecule has 0 radical (unpaired) electrons. The van der Waals surface area contributed by atoms with Crippen LogP contribution in [-0.2, 0) is 17.0 Å². The number of hydrogen-bond donors (Lipinski definition) is 1. The highest BCUT2D eigenvalue weighted by molar-refractivity contribution is 8.00. The van der Waals surface area contributed by atoms with Gasteiger partial charge < -0.3 is 10.1 Å². The molecule has 0 saturated heterocycles. The molecular formula is C20H19FN2O2S2. The van der Waals surface area contributed by atoms with Crippen LogP contribution in [0.15, 0.2) is 52.2 Å². The molecule has 4 nitrogen and oxygen atoms in total. The maximum absolute atomic E-state index is 12.9. The van der Waals surface area contributed by atoms with Crippen LogP contribution in [-0.4, -0.2) is 18.0 Å². The normalized spacial score (nSPS) is 10.6. The Morgan fingerprint density at radius 2 is 2.04 bits per heavy atom. The number of ether oxygens (including phenoxy) is 1. The Bertz CT molecular complexity index is 926. The number of aromatic nitrogens is 1. The van der Waals surface area contributed by atoms with Gasteiger partial charge in [0.25, 0.3) is 0 Å². The van der Waals surface area contributed by atoms with E-state index in [4.69, 9.17) is 4.74 Å². The molecule has 2 aromatic carbocycles. The molecule has 0 spiro atoms. The van der Waals surface area contributed by atoms with Crippen LogP contribution in [0.1, 0.15) is 16.8 Å². The number of thioether (sulfide) groups is 1. The van der Waals surface area contributed by atoms with Crippen LogP contribution in [0, 0.1) is 12.7 Å². The molecule has 0 fully saturated rings. The summed E-state index contributed by atoms with van der Waals surface area (Å²) in [4.78, 5) is 16.7. The van der Waals surface area contributed by atoms with E-state index in [-0.39, 0.29) is 18.1 Å². The summed E-state index contributed by atoms with van der Waals surface area (Å²) in [5, 5.41) is 4.78. The number of carbonyl (C=O) groups is 1. The van der Waals surface area contributed by atoms with E-state index in [1.165, 1.54) is 23.5 Å². The summed E-state index contributed by atoms with van der Waals surface area (Å²) in [5.41, 5.74) is 3.47. The second-order valence-electron chi connectivity index (χ2n) is 5.93. The first-order chi connectivity index (χ1) is 13.0. The van der Waals surface area contributed by atoms with Gasteiger partial charge in [0.15, 0.2) is 0 Å². The summed E-state index contributed by atoms with van der Waals surface area (Å²) in [6, 6.07) is 12.0. The number of nitrogens with zero attached hydrogens (tertiary/aromatic N) is 1. The molecule has 0 aliphatic carbocycles. The van der Waals surface area contributed by atoms with Gasteiger partial charge in [0.2, 0.25) is 5.91 Å². The molecule has 0 aliphatic rings. The lowest BCUT2D eigenvalue weighted by atomic mass is 10.2. The molecule has 1 heterocycles. The van der Waals surface area contributed by atoms with Crippen molar-refractivity contribution in [2.45, 2.75) is 23.4 Å². The predicted octanol–water partition coefficient (Wildman–Crippen LogP) is 5.07. The second-order valence-corrected chi connectivity index (χ2v) is 8.01. The van der Waals surface area contributed by atoms with Crippen molar-refractivity contribution >= 4 is 34.7 Å². The zero-order valence-corrected chi connectivity index (χ0v) is 16.6. The highest BCUT2D eigenvalue weighted by atomic mass is 32.2. The SMILES string of the molecule is COc1ccc(NC(=O)Cc2csc(SCc3ccc(F)cc3)n2)cc1C. The van der Waals surface area contributed by atoms with E-state index >= 15 is 0 Å². The van der Waals surface area contributed by atoms with E-state index in [2.05, 4.69) is 10.3 Å². The highest BCUT2D eigenvalue weighted by Crippen LogP contribution is 2.27. The van der Waals surface area contributed by atoms with Crippen LogP contribution in [0.25, 0.3) is 0 Å². The molecule has 1 amide bonds. The van der Waals surface area contributed by atoms with Gasteiger partial charge in [0.05, 0.1) is 19.2 Å². The Balaban J connectivity index is 1.53. The third-order valence-corrected chi connectivity index (χ3v) is 5.97. The van der Waals surface area contributed by atoms with Crippen molar-refractivity contribution in [1.29, 1.82) is 0 Å². The van der Waals surface area contributed by atoms with Gasteiger partial charge in [-0.25, -0.2) is 9.37 Å². The highest BCUT2D eigenvalue weighted by Gasteiger charge is 2.10. The first-order valence-electron chi connectivity index (χ1n) is 8.29. The monoisotopic (exact) mass is 402 g/mol. The standard InChI is InChI=1S/C20H19FN2O2S2/c1-13-9-16(7-8-18(13)25-2)22-19(24)10-17-12-27-20(23-17)26-11-14-3-5-15(21)6-4-14/h3-9,12H,10-11H2,1-2H3,(H,22,24). The van der Waals surface area contributed by atoms with Gasteiger partial charge in [-0.3, -0.25) is 4.79 Å². The van der Waals surface area contributed by atoms with Gasteiger partial charge in [-0.15, -0.1) is 11.3 Å². The number of hydrogen-bond acceptors (Lipinski definition) is 5. The van der Waals surface area contributed by atoms with Crippen molar-refractivity contribution in [3.05, 3.63) is 70.5 Å². The summed E-state index contributed by atoms with van der Waals surface area (Å²) in [6.45, 7) is 1.93. The number of aryl methyl sites for hydroxylation is 1. The molecule has 0 unspecified atom stereocenters. The molecule has 0 saturated carbocycles. The van der Waals surface area contributed by atoms with Gasteiger partial charge in [0, 0.05) is 16.8 Å². The number of nitrogens with one attached hydrogen (secondary N) is 1. The minimum atomic E-state index is -0.238. The lowest BCUT2D eigenvalue weighted by Crippen LogP contribution is -2.14. The van der Waals surface area contributed by atoms with Crippen LogP contribution in [0.4, 0.5) is 10.1 Å². The Labute approximate surface area is 165 Å². The summed E-state index contributed by atoms with van der Waals surface area (Å²) >= 11 is 3.09. The Morgan fingerprint density at radius 3 is 2.74 bits per heavy atom. The third-order valence-electron chi connectivity index (χ3n) is 3.83. The Kier molecular flexibility index (Phi) is 6.47. The number of thiazole rings is 1. The first-order valence-corrected chi connectivity index (χ1v) is 10.2. The van der Waals surface area contributed by atoms with E-state index in [1.807, 2.05) is 30.5 Å². The van der Waals surface area contributed by atoms with Gasteiger partial charge in [-0.1, -0.05) is 23.9 Å². The molecule has 27 heavy (non-hydrogen) atoms. The van der Waals surface area contributed by atoms with Crippen molar-refractivity contribution in [3.8, 4) is 5.75 Å². The van der Waals surface area contributed by atoms with E-state index in [0.717, 1.165) is 32.6 Å². The van der Waals surface area contributed by atoms with Crippen LogP contribution in [0.3, 0.4) is 0 Å². The predicted molar refractivity (Wildman–Crippen MR) is 108 cm³/mol. The molecule has 140 valence electrons. The fourth-order valence-electron chi connectivity index (χ4n) is 2.49. The van der Waals surface area contributed by atoms with Crippen LogP contribution in [0.5, 0.6) is 5.75 Å². The van der Waals surface area contributed by atoms with Gasteiger partial charge in [-0.2, -0.15) is 0 Å². The number of methoxy groups -OCH3 is 1. The van der Waals surface area contributed by atoms with E-state index in [0.29, 0.717) is 5.75 Å². The average Bonchev–Trinajstić information content (AvgIpc) is 3.08. The molecule has 1 N–H and O–H groups in total. The summed E-state index contributed by atoms with van der Waals surface area (Å²) < 4.78 is 19.0. The summed E-state index contributed by atoms with van der Waals surface area (Å²) in [6.07, 6.45) is 0.221. The van der Waals surface area contributed by atoms with Crippen molar-refractivity contribution < 1.29 is 13.9 Å². The molecule has 1 aromatic heterocycles. The quantitative estimate of drug-likeness (QED) is 0.561. The molecule has 7 heteroatoms. The topological polar surface area (TPSA) is 51.2 Å². The summed E-state index contributed by atoms with van der Waals surface area (Å²) in [7, 11) is 1.62. The van der Waals surface area contributed by atoms with Crippen molar-refractivity contribution in [1.82, 2.24) is 4.98 Å². The maximum atomic E-state index is 12.9. The third kappa shape index (κ3) is 5.55. The van der Waals surface area contributed by atoms with Gasteiger partial charge in [-0.05, 0) is 48.4 Å². The molecule has 3 rings (SSSR count). The maximum Gasteiger partial charge on any atom is 0.230 e. The van der Waals surface area contributed by atoms with Crippen LogP contribution >= 0.6 is 23.1 Å². The van der Waals surface area contributed by atoms with Crippen molar-refractivity contribution in [2.24, 2.45) is 0 Å². The van der Waals surface area contributed by atoms with Crippen molar-refractivity contribution in [3.63, 3.8) is 0 Å². The Hall–Kier alpha value is -2.38. The molecule has 0 aliphatic heterocycles. The smallest absolute Gasteiger partial charge is 0.230 e. The number of amides is 1. The zero-order chi connectivity index (χ0) is 19.2. The molecule has 3 aromatic rings. The lowest BCUT2D eigenvalue weighted by molar-refractivity contribution is -0.115. The average molecular weight is 403 g/mol. The molecular weight excluding hydrogens is 383 g/mol. The Morgan fingerprint density at radius 1 is 1.26 bits per heavy atom. The number of carbonyl (C=O) groups excluding carboxylic acids is 1. The van der Waals surface area contributed by atoms with Crippen molar-refractivity contribution in [2.75, 3.05) is 12.4 Å². The van der Waals surface area contributed by atoms with E-state index in [9.17, 15) is 9.18 Å². The van der Waals surface area contributed by atoms with E-state index in [1.54, 1.807) is 31.0 Å². The molecule has 0 atom stereocenters. The minimum Gasteiger partial charge on any atom is -0.496 e.